The highest BCUT2D eigenvalue weighted by molar-refractivity contribution is 5.61. The maximum atomic E-state index is 11.2. The van der Waals surface area contributed by atoms with E-state index in [1.54, 1.807) is 0 Å². The lowest BCUT2D eigenvalue weighted by atomic mass is 10.0. The summed E-state index contributed by atoms with van der Waals surface area (Å²) >= 11 is 0. The van der Waals surface area contributed by atoms with E-state index in [9.17, 15) is 10.1 Å². The van der Waals surface area contributed by atoms with Crippen molar-refractivity contribution in [3.8, 4) is 0 Å². The second-order valence-electron chi connectivity index (χ2n) is 4.66. The molecule has 0 fully saturated rings. The van der Waals surface area contributed by atoms with Gasteiger partial charge in [-0.15, -0.1) is 0 Å². The minimum Gasteiger partial charge on any atom is -0.351 e. The fourth-order valence-electron chi connectivity index (χ4n) is 2.12. The molecule has 1 heterocycles. The highest BCUT2D eigenvalue weighted by Crippen LogP contribution is 2.28. The first kappa shape index (κ1) is 16.2. The Morgan fingerprint density at radius 3 is 2.50 bits per heavy atom. The molecule has 0 atom stereocenters. The number of rotatable bonds is 8. The van der Waals surface area contributed by atoms with Gasteiger partial charge in [0.25, 0.3) is 0 Å². The molecule has 3 N–H and O–H groups in total. The van der Waals surface area contributed by atoms with Crippen LogP contribution in [0.15, 0.2) is 12.1 Å². The van der Waals surface area contributed by atoms with Crippen LogP contribution in [0.25, 0.3) is 0 Å². The summed E-state index contributed by atoms with van der Waals surface area (Å²) in [6, 6.07) is 2.94. The molecule has 1 aromatic rings. The maximum absolute atomic E-state index is 11.2. The fraction of sp³-hybridized carbons (Fsp3) is 0.615. The van der Waals surface area contributed by atoms with Gasteiger partial charge in [0.05, 0.1) is 4.92 Å². The first-order valence-electron chi connectivity index (χ1n) is 6.94. The van der Waals surface area contributed by atoms with Crippen molar-refractivity contribution in [1.82, 2.24) is 4.98 Å². The number of nitro groups is 1. The average Bonchev–Trinajstić information content (AvgIpc) is 2.48. The van der Waals surface area contributed by atoms with Crippen molar-refractivity contribution < 1.29 is 4.92 Å². The molecule has 1 aromatic heterocycles. The Balaban J connectivity index is 3.14. The van der Waals surface area contributed by atoms with Crippen LogP contribution in [0.5, 0.6) is 0 Å². The first-order chi connectivity index (χ1) is 9.57. The highest BCUT2D eigenvalue weighted by Gasteiger charge is 2.22. The number of hydrogen-bond acceptors (Lipinski definition) is 6. The molecule has 7 heteroatoms. The molecule has 0 bridgehead atoms. The molecule has 0 aliphatic carbocycles. The fourth-order valence-corrected chi connectivity index (χ4v) is 2.12. The second kappa shape index (κ2) is 7.64. The predicted octanol–water partition coefficient (Wildman–Crippen LogP) is 2.54. The van der Waals surface area contributed by atoms with Gasteiger partial charge in [-0.05, 0) is 18.9 Å². The van der Waals surface area contributed by atoms with Gasteiger partial charge in [-0.25, -0.2) is 10.8 Å². The number of pyridine rings is 1. The van der Waals surface area contributed by atoms with Crippen LogP contribution < -0.4 is 16.2 Å². The Morgan fingerprint density at radius 2 is 2.05 bits per heavy atom. The Bertz CT molecular complexity index is 448. The summed E-state index contributed by atoms with van der Waals surface area (Å²) in [6.45, 7) is 7.64. The van der Waals surface area contributed by atoms with E-state index < -0.39 is 4.92 Å². The van der Waals surface area contributed by atoms with Gasteiger partial charge < -0.3 is 10.3 Å². The maximum Gasteiger partial charge on any atom is 0.311 e. The van der Waals surface area contributed by atoms with Crippen molar-refractivity contribution >= 4 is 17.3 Å². The number of hydrazine groups is 1. The van der Waals surface area contributed by atoms with Crippen LogP contribution >= 0.6 is 0 Å². The van der Waals surface area contributed by atoms with E-state index in [4.69, 9.17) is 5.84 Å². The van der Waals surface area contributed by atoms with Crippen LogP contribution in [0.1, 0.15) is 33.6 Å². The number of aromatic nitrogens is 1. The molecule has 0 spiro atoms. The molecule has 0 aromatic carbocycles. The Kier molecular flexibility index (Phi) is 6.17. The average molecular weight is 281 g/mol. The Labute approximate surface area is 119 Å². The summed E-state index contributed by atoms with van der Waals surface area (Å²) in [5.74, 6) is 6.63. The first-order valence-corrected chi connectivity index (χ1v) is 6.94. The van der Waals surface area contributed by atoms with Crippen LogP contribution in [0, 0.1) is 16.0 Å². The minimum absolute atomic E-state index is 0.0109. The van der Waals surface area contributed by atoms with Crippen molar-refractivity contribution in [2.45, 2.75) is 33.6 Å². The van der Waals surface area contributed by atoms with Crippen molar-refractivity contribution in [3.05, 3.63) is 22.2 Å². The summed E-state index contributed by atoms with van der Waals surface area (Å²) in [4.78, 5) is 16.9. The zero-order chi connectivity index (χ0) is 15.1. The summed E-state index contributed by atoms with van der Waals surface area (Å²) in [6.07, 6.45) is 2.07. The van der Waals surface area contributed by atoms with Crippen molar-refractivity contribution in [3.63, 3.8) is 0 Å². The molecule has 7 nitrogen and oxygen atoms in total. The monoisotopic (exact) mass is 281 g/mol. The van der Waals surface area contributed by atoms with Gasteiger partial charge in [-0.3, -0.25) is 10.1 Å². The predicted molar refractivity (Wildman–Crippen MR) is 80.7 cm³/mol. The molecule has 0 saturated heterocycles. The van der Waals surface area contributed by atoms with Crippen LogP contribution in [-0.4, -0.2) is 23.0 Å². The van der Waals surface area contributed by atoms with Gasteiger partial charge in [0, 0.05) is 19.2 Å². The summed E-state index contributed by atoms with van der Waals surface area (Å²) < 4.78 is 0. The number of nitrogens with zero attached hydrogens (tertiary/aromatic N) is 3. The van der Waals surface area contributed by atoms with E-state index in [0.717, 1.165) is 19.4 Å². The molecule has 0 aliphatic heterocycles. The van der Waals surface area contributed by atoms with Gasteiger partial charge in [0.2, 0.25) is 5.82 Å². The molecule has 0 saturated carbocycles. The van der Waals surface area contributed by atoms with Crippen molar-refractivity contribution in [2.24, 2.45) is 11.8 Å². The van der Waals surface area contributed by atoms with Crippen LogP contribution in [0.3, 0.4) is 0 Å². The third-order valence-corrected chi connectivity index (χ3v) is 3.51. The number of anilines is 2. The van der Waals surface area contributed by atoms with Crippen molar-refractivity contribution in [2.75, 3.05) is 23.4 Å². The number of nitrogen functional groups attached to an aromatic ring is 1. The number of nitrogens with two attached hydrogens (primary N) is 1. The molecular formula is C13H23N5O2. The van der Waals surface area contributed by atoms with E-state index >= 15 is 0 Å². The topological polar surface area (TPSA) is 97.3 Å². The third-order valence-electron chi connectivity index (χ3n) is 3.51. The summed E-state index contributed by atoms with van der Waals surface area (Å²) in [5.41, 5.74) is 2.44. The molecule has 112 valence electrons. The lowest BCUT2D eigenvalue weighted by molar-refractivity contribution is -0.384. The molecule has 1 rings (SSSR count). The van der Waals surface area contributed by atoms with E-state index in [1.807, 2.05) is 11.8 Å². The molecule has 0 amide bonds. The van der Waals surface area contributed by atoms with Crippen molar-refractivity contribution in [1.29, 1.82) is 0 Å². The minimum atomic E-state index is -0.405. The molecule has 20 heavy (non-hydrogen) atoms. The van der Waals surface area contributed by atoms with Gasteiger partial charge in [0.1, 0.15) is 5.82 Å². The zero-order valence-corrected chi connectivity index (χ0v) is 12.3. The quantitative estimate of drug-likeness (QED) is 0.432. The number of nitrogens with one attached hydrogen (secondary N) is 1. The SMILES string of the molecule is CCC(CC)CN(CC)c1nc(NN)ccc1[N+](=O)[O-]. The zero-order valence-electron chi connectivity index (χ0n) is 12.3. The molecular weight excluding hydrogens is 258 g/mol. The lowest BCUT2D eigenvalue weighted by Gasteiger charge is -2.26. The second-order valence-corrected chi connectivity index (χ2v) is 4.66. The van der Waals surface area contributed by atoms with E-state index in [2.05, 4.69) is 24.3 Å². The van der Waals surface area contributed by atoms with Crippen LogP contribution in [-0.2, 0) is 0 Å². The smallest absolute Gasteiger partial charge is 0.311 e. The normalized spacial score (nSPS) is 10.7. The van der Waals surface area contributed by atoms with Gasteiger partial charge in [-0.2, -0.15) is 0 Å². The lowest BCUT2D eigenvalue weighted by Crippen LogP contribution is -2.30. The van der Waals surface area contributed by atoms with E-state index in [0.29, 0.717) is 24.1 Å². The largest absolute Gasteiger partial charge is 0.351 e. The molecule has 0 aliphatic rings. The van der Waals surface area contributed by atoms with Crippen LogP contribution in [0.2, 0.25) is 0 Å². The third kappa shape index (κ3) is 3.80. The van der Waals surface area contributed by atoms with Gasteiger partial charge in [0.15, 0.2) is 0 Å². The summed E-state index contributed by atoms with van der Waals surface area (Å²) in [5, 5.41) is 11.2. The van der Waals surface area contributed by atoms with Gasteiger partial charge >= 0.3 is 5.69 Å². The molecule has 0 radical (unpaired) electrons. The van der Waals surface area contributed by atoms with Crippen LogP contribution in [0.4, 0.5) is 17.3 Å². The standard InChI is InChI=1S/C13H23N5O2/c1-4-10(5-2)9-17(6-3)13-11(18(19)20)7-8-12(15-13)16-14/h7-8,10H,4-6,9,14H2,1-3H3,(H,15,16). The number of hydrogen-bond donors (Lipinski definition) is 2. The molecule has 0 unspecified atom stereocenters. The summed E-state index contributed by atoms with van der Waals surface area (Å²) in [7, 11) is 0. The Hall–Kier alpha value is -1.89. The van der Waals surface area contributed by atoms with E-state index in [-0.39, 0.29) is 5.69 Å². The van der Waals surface area contributed by atoms with Gasteiger partial charge in [-0.1, -0.05) is 26.7 Å². The van der Waals surface area contributed by atoms with E-state index in [1.165, 1.54) is 12.1 Å². The Morgan fingerprint density at radius 1 is 1.40 bits per heavy atom. The highest BCUT2D eigenvalue weighted by atomic mass is 16.6.